The van der Waals surface area contributed by atoms with Crippen LogP contribution in [-0.2, 0) is 10.0 Å². The molecule has 110 valence electrons. The summed E-state index contributed by atoms with van der Waals surface area (Å²) in [6.07, 6.45) is 0.573. The van der Waals surface area contributed by atoms with Gasteiger partial charge in [-0.3, -0.25) is 4.79 Å². The van der Waals surface area contributed by atoms with Gasteiger partial charge in [-0.2, -0.15) is 0 Å². The lowest BCUT2D eigenvalue weighted by Crippen LogP contribution is -2.22. The zero-order chi connectivity index (χ0) is 15.6. The zero-order valence-corrected chi connectivity index (χ0v) is 12.5. The fourth-order valence-electron chi connectivity index (χ4n) is 1.86. The average Bonchev–Trinajstić information content (AvgIpc) is 2.47. The van der Waals surface area contributed by atoms with Crippen molar-refractivity contribution in [2.45, 2.75) is 4.90 Å². The minimum atomic E-state index is -3.46. The van der Waals surface area contributed by atoms with Gasteiger partial charge in [-0.1, -0.05) is 18.2 Å². The van der Waals surface area contributed by atoms with Crippen LogP contribution in [0.5, 0.6) is 5.75 Å². The lowest BCUT2D eigenvalue weighted by Gasteiger charge is -2.12. The largest absolute Gasteiger partial charge is 0.507 e. The van der Waals surface area contributed by atoms with E-state index in [2.05, 4.69) is 0 Å². The molecule has 2 aromatic carbocycles. The smallest absolute Gasteiger partial charge is 0.242 e. The highest BCUT2D eigenvalue weighted by atomic mass is 32.2. The Morgan fingerprint density at radius 3 is 2.10 bits per heavy atom. The number of carbonyl (C=O) groups is 1. The van der Waals surface area contributed by atoms with Gasteiger partial charge in [0, 0.05) is 14.1 Å². The second kappa shape index (κ2) is 5.67. The van der Waals surface area contributed by atoms with Crippen molar-refractivity contribution in [3.8, 4) is 16.9 Å². The molecule has 2 rings (SSSR count). The van der Waals surface area contributed by atoms with E-state index in [1.807, 2.05) is 0 Å². The maximum Gasteiger partial charge on any atom is 0.242 e. The number of sulfonamides is 1. The van der Waals surface area contributed by atoms with Crippen LogP contribution >= 0.6 is 0 Å². The van der Waals surface area contributed by atoms with Crippen LogP contribution < -0.4 is 0 Å². The van der Waals surface area contributed by atoms with Gasteiger partial charge in [0.25, 0.3) is 0 Å². The Labute approximate surface area is 123 Å². The molecule has 0 saturated carbocycles. The highest BCUT2D eigenvalue weighted by molar-refractivity contribution is 7.89. The van der Waals surface area contributed by atoms with E-state index < -0.39 is 10.0 Å². The van der Waals surface area contributed by atoms with Crippen molar-refractivity contribution in [2.24, 2.45) is 0 Å². The fraction of sp³-hybridized carbons (Fsp3) is 0.133. The molecule has 0 bridgehead atoms. The molecule has 0 atom stereocenters. The van der Waals surface area contributed by atoms with Gasteiger partial charge in [-0.15, -0.1) is 0 Å². The predicted octanol–water partition coefficient (Wildman–Crippen LogP) is 2.12. The van der Waals surface area contributed by atoms with E-state index in [0.717, 1.165) is 15.4 Å². The van der Waals surface area contributed by atoms with Gasteiger partial charge in [0.05, 0.1) is 10.5 Å². The molecule has 0 fully saturated rings. The van der Waals surface area contributed by atoms with Crippen LogP contribution in [0.1, 0.15) is 10.4 Å². The second-order valence-corrected chi connectivity index (χ2v) is 6.86. The number of hydrogen-bond donors (Lipinski definition) is 1. The van der Waals surface area contributed by atoms with E-state index in [1.54, 1.807) is 24.3 Å². The SMILES string of the molecule is CN(C)S(=O)(=O)c1ccc(-c2ccc(O)c(C=O)c2)cc1. The summed E-state index contributed by atoms with van der Waals surface area (Å²) < 4.78 is 25.1. The van der Waals surface area contributed by atoms with Crippen LogP contribution in [0.25, 0.3) is 11.1 Å². The maximum atomic E-state index is 12.0. The summed E-state index contributed by atoms with van der Waals surface area (Å²) in [5.74, 6) is -0.0828. The summed E-state index contributed by atoms with van der Waals surface area (Å²) in [6, 6.07) is 11.0. The van der Waals surface area contributed by atoms with Crippen LogP contribution in [0, 0.1) is 0 Å². The minimum Gasteiger partial charge on any atom is -0.507 e. The molecule has 5 nitrogen and oxygen atoms in total. The number of carbonyl (C=O) groups excluding carboxylic acids is 1. The van der Waals surface area contributed by atoms with Crippen LogP contribution in [-0.4, -0.2) is 38.2 Å². The van der Waals surface area contributed by atoms with Crippen molar-refractivity contribution in [1.29, 1.82) is 0 Å². The molecule has 0 spiro atoms. The first-order valence-electron chi connectivity index (χ1n) is 6.17. The van der Waals surface area contributed by atoms with Gasteiger partial charge in [0.15, 0.2) is 6.29 Å². The van der Waals surface area contributed by atoms with Crippen molar-refractivity contribution < 1.29 is 18.3 Å². The normalized spacial score (nSPS) is 11.6. The van der Waals surface area contributed by atoms with Gasteiger partial charge in [-0.25, -0.2) is 12.7 Å². The van der Waals surface area contributed by atoms with Crippen molar-refractivity contribution in [3.63, 3.8) is 0 Å². The molecule has 0 heterocycles. The first-order chi connectivity index (χ1) is 9.86. The summed E-state index contributed by atoms with van der Waals surface area (Å²) in [5, 5.41) is 9.48. The van der Waals surface area contributed by atoms with Gasteiger partial charge in [-0.05, 0) is 35.4 Å². The second-order valence-electron chi connectivity index (χ2n) is 4.70. The molecular weight excluding hydrogens is 290 g/mol. The third kappa shape index (κ3) is 2.96. The molecule has 1 N–H and O–H groups in total. The lowest BCUT2D eigenvalue weighted by molar-refractivity contribution is 0.112. The minimum absolute atomic E-state index is 0.0828. The quantitative estimate of drug-likeness (QED) is 0.878. The van der Waals surface area contributed by atoms with Crippen LogP contribution in [0.4, 0.5) is 0 Å². The molecule has 0 unspecified atom stereocenters. The highest BCUT2D eigenvalue weighted by Gasteiger charge is 2.16. The van der Waals surface area contributed by atoms with Gasteiger partial charge < -0.3 is 5.11 Å². The summed E-state index contributed by atoms with van der Waals surface area (Å²) in [7, 11) is -0.515. The number of aromatic hydroxyl groups is 1. The predicted molar refractivity (Wildman–Crippen MR) is 79.8 cm³/mol. The number of phenols is 1. The van der Waals surface area contributed by atoms with E-state index in [-0.39, 0.29) is 16.2 Å². The topological polar surface area (TPSA) is 74.7 Å². The fourth-order valence-corrected chi connectivity index (χ4v) is 2.76. The Morgan fingerprint density at radius 1 is 1.00 bits per heavy atom. The molecule has 0 amide bonds. The Balaban J connectivity index is 2.42. The van der Waals surface area contributed by atoms with E-state index in [9.17, 15) is 18.3 Å². The molecule has 2 aromatic rings. The van der Waals surface area contributed by atoms with E-state index >= 15 is 0 Å². The van der Waals surface area contributed by atoms with Crippen molar-refractivity contribution in [2.75, 3.05) is 14.1 Å². The molecule has 0 aliphatic heterocycles. The number of benzene rings is 2. The van der Waals surface area contributed by atoms with E-state index in [0.29, 0.717) is 6.29 Å². The molecule has 6 heteroatoms. The summed E-state index contributed by atoms with van der Waals surface area (Å²) in [5.41, 5.74) is 1.68. The molecule has 0 radical (unpaired) electrons. The summed E-state index contributed by atoms with van der Waals surface area (Å²) in [6.45, 7) is 0. The monoisotopic (exact) mass is 305 g/mol. The Kier molecular flexibility index (Phi) is 4.11. The van der Waals surface area contributed by atoms with Gasteiger partial charge in [0.1, 0.15) is 5.75 Å². The lowest BCUT2D eigenvalue weighted by atomic mass is 10.0. The van der Waals surface area contributed by atoms with Crippen molar-refractivity contribution in [1.82, 2.24) is 4.31 Å². The summed E-state index contributed by atoms with van der Waals surface area (Å²) in [4.78, 5) is 11.0. The van der Waals surface area contributed by atoms with Crippen LogP contribution in [0.3, 0.4) is 0 Å². The molecule has 21 heavy (non-hydrogen) atoms. The first kappa shape index (κ1) is 15.2. The Morgan fingerprint density at radius 2 is 1.57 bits per heavy atom. The standard InChI is InChI=1S/C15H15NO4S/c1-16(2)21(19,20)14-6-3-11(4-7-14)12-5-8-15(18)13(9-12)10-17/h3-10,18H,1-2H3. The van der Waals surface area contributed by atoms with E-state index in [1.165, 1.54) is 32.3 Å². The van der Waals surface area contributed by atoms with Crippen LogP contribution in [0.2, 0.25) is 0 Å². The number of phenolic OH excluding ortho intramolecular Hbond substituents is 1. The molecular formula is C15H15NO4S. The number of nitrogens with zero attached hydrogens (tertiary/aromatic N) is 1. The summed E-state index contributed by atoms with van der Waals surface area (Å²) >= 11 is 0. The number of aldehydes is 1. The Bertz CT molecular complexity index is 765. The number of hydrogen-bond acceptors (Lipinski definition) is 4. The van der Waals surface area contributed by atoms with Crippen molar-refractivity contribution in [3.05, 3.63) is 48.0 Å². The zero-order valence-electron chi connectivity index (χ0n) is 11.6. The Hall–Kier alpha value is -2.18. The first-order valence-corrected chi connectivity index (χ1v) is 7.61. The van der Waals surface area contributed by atoms with Crippen LogP contribution in [0.15, 0.2) is 47.4 Å². The molecule has 0 aliphatic rings. The van der Waals surface area contributed by atoms with Gasteiger partial charge in [0.2, 0.25) is 10.0 Å². The molecule has 0 aromatic heterocycles. The molecule has 0 aliphatic carbocycles. The number of rotatable bonds is 4. The maximum absolute atomic E-state index is 12.0. The third-order valence-electron chi connectivity index (χ3n) is 3.12. The van der Waals surface area contributed by atoms with Crippen molar-refractivity contribution >= 4 is 16.3 Å². The van der Waals surface area contributed by atoms with Gasteiger partial charge >= 0.3 is 0 Å². The third-order valence-corrected chi connectivity index (χ3v) is 4.95. The molecule has 0 saturated heterocycles. The average molecular weight is 305 g/mol. The van der Waals surface area contributed by atoms with E-state index in [4.69, 9.17) is 0 Å². The highest BCUT2D eigenvalue weighted by Crippen LogP contribution is 2.26.